The smallest absolute Gasteiger partial charge is 0.238 e. The number of nitrogens with zero attached hydrogens (tertiary/aromatic N) is 1. The number of carbonyl (C=O) groups excluding carboxylic acids is 1. The normalized spacial score (nSPS) is 9.13. The Kier molecular flexibility index (Phi) is 3.95. The molecule has 0 fully saturated rings. The minimum Gasteiger partial charge on any atom is -0.495 e. The van der Waals surface area contributed by atoms with E-state index in [0.29, 0.717) is 16.5 Å². The number of nitrogens with one attached hydrogen (secondary N) is 1. The maximum atomic E-state index is 11.1. The Morgan fingerprint density at radius 1 is 1.67 bits per heavy atom. The monoisotopic (exact) mass is 224 g/mol. The van der Waals surface area contributed by atoms with Crippen LogP contribution in [0.5, 0.6) is 5.75 Å². The molecule has 0 aliphatic rings. The van der Waals surface area contributed by atoms with Crippen LogP contribution in [0.15, 0.2) is 18.2 Å². The first-order valence-corrected chi connectivity index (χ1v) is 4.55. The number of hydrogen-bond donors (Lipinski definition) is 1. The van der Waals surface area contributed by atoms with Gasteiger partial charge in [-0.2, -0.15) is 5.26 Å². The van der Waals surface area contributed by atoms with E-state index in [4.69, 9.17) is 21.6 Å². The zero-order valence-corrected chi connectivity index (χ0v) is 8.84. The Bertz CT molecular complexity index is 412. The van der Waals surface area contributed by atoms with Crippen LogP contribution in [-0.4, -0.2) is 13.0 Å². The molecule has 1 N–H and O–H groups in total. The Labute approximate surface area is 92.4 Å². The summed E-state index contributed by atoms with van der Waals surface area (Å²) < 4.78 is 4.96. The van der Waals surface area contributed by atoms with Crippen molar-refractivity contribution in [3.63, 3.8) is 0 Å². The maximum absolute atomic E-state index is 11.1. The molecule has 4 nitrogen and oxygen atoms in total. The standard InChI is InChI=1S/C10H9ClN2O2/c1-15-9-3-2-7(6-8(9)11)13-10(14)4-5-12/h2-3,6H,4H2,1H3,(H,13,14). The highest BCUT2D eigenvalue weighted by atomic mass is 35.5. The number of amides is 1. The second-order valence-corrected chi connectivity index (χ2v) is 3.14. The average molecular weight is 225 g/mol. The number of nitriles is 1. The summed E-state index contributed by atoms with van der Waals surface area (Å²) in [5.41, 5.74) is 0.543. The molecule has 0 spiro atoms. The molecular formula is C10H9ClN2O2. The molecule has 0 aromatic heterocycles. The molecule has 0 aliphatic carbocycles. The molecule has 1 rings (SSSR count). The number of hydrogen-bond acceptors (Lipinski definition) is 3. The quantitative estimate of drug-likeness (QED) is 0.856. The van der Waals surface area contributed by atoms with Gasteiger partial charge in [-0.15, -0.1) is 0 Å². The Morgan fingerprint density at radius 3 is 2.93 bits per heavy atom. The fraction of sp³-hybridized carbons (Fsp3) is 0.200. The maximum Gasteiger partial charge on any atom is 0.238 e. The molecule has 0 unspecified atom stereocenters. The van der Waals surface area contributed by atoms with Crippen LogP contribution in [0.4, 0.5) is 5.69 Å². The van der Waals surface area contributed by atoms with Gasteiger partial charge in [0.05, 0.1) is 18.2 Å². The van der Waals surface area contributed by atoms with E-state index < -0.39 is 0 Å². The first kappa shape index (κ1) is 11.3. The second-order valence-electron chi connectivity index (χ2n) is 2.73. The number of anilines is 1. The summed E-state index contributed by atoms with van der Waals surface area (Å²) in [5.74, 6) is 0.175. The summed E-state index contributed by atoms with van der Waals surface area (Å²) >= 11 is 5.85. The molecule has 78 valence electrons. The van der Waals surface area contributed by atoms with Crippen molar-refractivity contribution in [2.24, 2.45) is 0 Å². The number of carbonyl (C=O) groups is 1. The topological polar surface area (TPSA) is 62.1 Å². The van der Waals surface area contributed by atoms with Gasteiger partial charge in [-0.05, 0) is 18.2 Å². The van der Waals surface area contributed by atoms with E-state index in [1.807, 2.05) is 0 Å². The van der Waals surface area contributed by atoms with Crippen molar-refractivity contribution in [2.75, 3.05) is 12.4 Å². The average Bonchev–Trinajstić information content (AvgIpc) is 2.18. The molecule has 1 aromatic rings. The number of rotatable bonds is 3. The van der Waals surface area contributed by atoms with Crippen molar-refractivity contribution in [3.8, 4) is 11.8 Å². The van der Waals surface area contributed by atoms with E-state index >= 15 is 0 Å². The van der Waals surface area contributed by atoms with Crippen LogP contribution in [0.1, 0.15) is 6.42 Å². The van der Waals surface area contributed by atoms with Gasteiger partial charge in [0, 0.05) is 5.69 Å². The van der Waals surface area contributed by atoms with Gasteiger partial charge in [-0.1, -0.05) is 11.6 Å². The first-order chi connectivity index (χ1) is 7.17. The Balaban J connectivity index is 2.76. The molecule has 1 aromatic carbocycles. The minimum atomic E-state index is -0.362. The van der Waals surface area contributed by atoms with Crippen LogP contribution in [0.3, 0.4) is 0 Å². The molecule has 0 atom stereocenters. The molecule has 0 aliphatic heterocycles. The van der Waals surface area contributed by atoms with Gasteiger partial charge < -0.3 is 10.1 Å². The molecule has 5 heteroatoms. The fourth-order valence-electron chi connectivity index (χ4n) is 1.02. The predicted octanol–water partition coefficient (Wildman–Crippen LogP) is 2.20. The lowest BCUT2D eigenvalue weighted by Gasteiger charge is -2.06. The zero-order valence-electron chi connectivity index (χ0n) is 8.08. The van der Waals surface area contributed by atoms with E-state index in [-0.39, 0.29) is 12.3 Å². The molecule has 0 saturated carbocycles. The molecule has 0 saturated heterocycles. The van der Waals surface area contributed by atoms with Crippen LogP contribution < -0.4 is 10.1 Å². The highest BCUT2D eigenvalue weighted by Crippen LogP contribution is 2.27. The fourth-order valence-corrected chi connectivity index (χ4v) is 1.28. The summed E-state index contributed by atoms with van der Waals surface area (Å²) in [6.45, 7) is 0. The Hall–Kier alpha value is -1.73. The van der Waals surface area contributed by atoms with E-state index in [1.165, 1.54) is 7.11 Å². The molecule has 0 heterocycles. The van der Waals surface area contributed by atoms with Crippen molar-refractivity contribution in [3.05, 3.63) is 23.2 Å². The lowest BCUT2D eigenvalue weighted by Crippen LogP contribution is -2.09. The van der Waals surface area contributed by atoms with Gasteiger partial charge in [-0.3, -0.25) is 4.79 Å². The van der Waals surface area contributed by atoms with Crippen LogP contribution in [0.2, 0.25) is 5.02 Å². The van der Waals surface area contributed by atoms with E-state index in [1.54, 1.807) is 24.3 Å². The summed E-state index contributed by atoms with van der Waals surface area (Å²) in [6.07, 6.45) is -0.177. The van der Waals surface area contributed by atoms with Crippen molar-refractivity contribution < 1.29 is 9.53 Å². The molecule has 1 amide bonds. The first-order valence-electron chi connectivity index (χ1n) is 4.17. The number of ether oxygens (including phenoxy) is 1. The third-order valence-corrected chi connectivity index (χ3v) is 1.97. The van der Waals surface area contributed by atoms with Crippen molar-refractivity contribution >= 4 is 23.2 Å². The molecule has 0 radical (unpaired) electrons. The summed E-state index contributed by atoms with van der Waals surface area (Å²) in [4.78, 5) is 11.1. The van der Waals surface area contributed by atoms with E-state index in [0.717, 1.165) is 0 Å². The van der Waals surface area contributed by atoms with E-state index in [2.05, 4.69) is 5.32 Å². The predicted molar refractivity (Wildman–Crippen MR) is 56.9 cm³/mol. The highest BCUT2D eigenvalue weighted by Gasteiger charge is 2.04. The van der Waals surface area contributed by atoms with Gasteiger partial charge in [0.2, 0.25) is 5.91 Å². The lowest BCUT2D eigenvalue weighted by molar-refractivity contribution is -0.115. The number of halogens is 1. The van der Waals surface area contributed by atoms with Gasteiger partial charge >= 0.3 is 0 Å². The summed E-state index contributed by atoms with van der Waals surface area (Å²) in [6, 6.07) is 6.62. The van der Waals surface area contributed by atoms with Crippen LogP contribution in [0, 0.1) is 11.3 Å². The summed E-state index contributed by atoms with van der Waals surface area (Å²) in [5, 5.41) is 11.2. The third kappa shape index (κ3) is 3.15. The van der Waals surface area contributed by atoms with Crippen molar-refractivity contribution in [1.82, 2.24) is 0 Å². The SMILES string of the molecule is COc1ccc(NC(=O)CC#N)cc1Cl. The number of methoxy groups -OCH3 is 1. The minimum absolute atomic E-state index is 0.177. The summed E-state index contributed by atoms with van der Waals surface area (Å²) in [7, 11) is 1.51. The second kappa shape index (κ2) is 5.23. The van der Waals surface area contributed by atoms with Gasteiger partial charge in [-0.25, -0.2) is 0 Å². The zero-order chi connectivity index (χ0) is 11.3. The highest BCUT2D eigenvalue weighted by molar-refractivity contribution is 6.32. The van der Waals surface area contributed by atoms with Gasteiger partial charge in [0.25, 0.3) is 0 Å². The van der Waals surface area contributed by atoms with Crippen molar-refractivity contribution in [2.45, 2.75) is 6.42 Å². The van der Waals surface area contributed by atoms with Crippen LogP contribution >= 0.6 is 11.6 Å². The van der Waals surface area contributed by atoms with Gasteiger partial charge in [0.1, 0.15) is 12.2 Å². The lowest BCUT2D eigenvalue weighted by atomic mass is 10.3. The Morgan fingerprint density at radius 2 is 2.40 bits per heavy atom. The van der Waals surface area contributed by atoms with Crippen LogP contribution in [0.25, 0.3) is 0 Å². The van der Waals surface area contributed by atoms with Crippen molar-refractivity contribution in [1.29, 1.82) is 5.26 Å². The number of benzene rings is 1. The molecule has 0 bridgehead atoms. The van der Waals surface area contributed by atoms with Crippen LogP contribution in [-0.2, 0) is 4.79 Å². The molecular weight excluding hydrogens is 216 g/mol. The van der Waals surface area contributed by atoms with E-state index in [9.17, 15) is 4.79 Å². The largest absolute Gasteiger partial charge is 0.495 e. The van der Waals surface area contributed by atoms with Gasteiger partial charge in [0.15, 0.2) is 0 Å². The molecule has 15 heavy (non-hydrogen) atoms. The third-order valence-electron chi connectivity index (χ3n) is 1.68.